The Labute approximate surface area is 68.7 Å². The van der Waals surface area contributed by atoms with Gasteiger partial charge in [-0.25, -0.2) is 0 Å². The van der Waals surface area contributed by atoms with Gasteiger partial charge in [-0.3, -0.25) is 0 Å². The van der Waals surface area contributed by atoms with E-state index in [4.69, 9.17) is 4.74 Å². The Bertz CT molecular complexity index is 72.0. The molecular formula is C7H16ClNO. The van der Waals surface area contributed by atoms with Gasteiger partial charge >= 0.3 is 0 Å². The Morgan fingerprint density at radius 3 is 3.00 bits per heavy atom. The molecule has 0 aromatic carbocycles. The smallest absolute Gasteiger partial charge is 0.0594 e. The Kier molecular flexibility index (Phi) is 6.08. The largest absolute Gasteiger partial charge is 0.377 e. The highest BCUT2D eigenvalue weighted by molar-refractivity contribution is 5.85. The molecule has 0 radical (unpaired) electrons. The summed E-state index contributed by atoms with van der Waals surface area (Å²) in [4.78, 5) is 0. The molecule has 0 aromatic rings. The van der Waals surface area contributed by atoms with Crippen LogP contribution in [0, 0.1) is 0 Å². The van der Waals surface area contributed by atoms with Crippen molar-refractivity contribution in [2.45, 2.75) is 25.9 Å². The molecule has 1 atom stereocenters. The number of rotatable bonds is 1. The fourth-order valence-corrected chi connectivity index (χ4v) is 1.09. The predicted octanol–water partition coefficient (Wildman–Crippen LogP) is 1.20. The number of halogens is 1. The van der Waals surface area contributed by atoms with Crippen molar-refractivity contribution in [2.24, 2.45) is 0 Å². The molecule has 0 spiro atoms. The lowest BCUT2D eigenvalue weighted by Crippen LogP contribution is -2.16. The molecule has 0 amide bonds. The van der Waals surface area contributed by atoms with Crippen LogP contribution in [0.3, 0.4) is 0 Å². The van der Waals surface area contributed by atoms with E-state index in [1.165, 1.54) is 6.42 Å². The van der Waals surface area contributed by atoms with Crippen molar-refractivity contribution in [3.05, 3.63) is 0 Å². The summed E-state index contributed by atoms with van der Waals surface area (Å²) in [5, 5.41) is 3.29. The Morgan fingerprint density at radius 2 is 2.30 bits per heavy atom. The highest BCUT2D eigenvalue weighted by Gasteiger charge is 2.08. The minimum absolute atomic E-state index is 0. The lowest BCUT2D eigenvalue weighted by Gasteiger charge is -2.09. The van der Waals surface area contributed by atoms with Crippen molar-refractivity contribution in [3.8, 4) is 0 Å². The molecule has 1 unspecified atom stereocenters. The van der Waals surface area contributed by atoms with Crippen LogP contribution in [0.5, 0.6) is 0 Å². The minimum atomic E-state index is 0. The first-order chi connectivity index (χ1) is 4.43. The molecule has 0 aliphatic carbocycles. The van der Waals surface area contributed by atoms with Crippen LogP contribution in [0.15, 0.2) is 0 Å². The van der Waals surface area contributed by atoms with Crippen molar-refractivity contribution in [2.75, 3.05) is 19.7 Å². The summed E-state index contributed by atoms with van der Waals surface area (Å²) >= 11 is 0. The van der Waals surface area contributed by atoms with Gasteiger partial charge in [0.15, 0.2) is 0 Å². The summed E-state index contributed by atoms with van der Waals surface area (Å²) in [7, 11) is 0. The van der Waals surface area contributed by atoms with Crippen LogP contribution in [-0.4, -0.2) is 25.8 Å². The van der Waals surface area contributed by atoms with Crippen molar-refractivity contribution in [1.82, 2.24) is 5.32 Å². The molecule has 0 aromatic heterocycles. The van der Waals surface area contributed by atoms with Gasteiger partial charge in [0.1, 0.15) is 0 Å². The molecule has 1 heterocycles. The predicted molar refractivity (Wildman–Crippen MR) is 44.8 cm³/mol. The Balaban J connectivity index is 0.000000810. The molecule has 0 saturated carbocycles. The minimum Gasteiger partial charge on any atom is -0.377 e. The van der Waals surface area contributed by atoms with E-state index in [-0.39, 0.29) is 12.4 Å². The molecule has 1 aliphatic heterocycles. The van der Waals surface area contributed by atoms with Crippen molar-refractivity contribution in [3.63, 3.8) is 0 Å². The molecule has 1 fully saturated rings. The number of hydrogen-bond acceptors (Lipinski definition) is 2. The Hall–Kier alpha value is 0.210. The lowest BCUT2D eigenvalue weighted by molar-refractivity contribution is 0.0622. The first kappa shape index (κ1) is 10.2. The van der Waals surface area contributed by atoms with Crippen LogP contribution in [0.4, 0.5) is 0 Å². The van der Waals surface area contributed by atoms with E-state index in [1.807, 2.05) is 0 Å². The summed E-state index contributed by atoms with van der Waals surface area (Å²) in [6.45, 7) is 5.21. The SMILES string of the molecule is CCC1CCNCCO1.Cl. The normalized spacial score (nSPS) is 26.7. The molecule has 2 nitrogen and oxygen atoms in total. The fourth-order valence-electron chi connectivity index (χ4n) is 1.09. The molecule has 1 saturated heterocycles. The van der Waals surface area contributed by atoms with Gasteiger partial charge < -0.3 is 10.1 Å². The number of hydrogen-bond donors (Lipinski definition) is 1. The summed E-state index contributed by atoms with van der Waals surface area (Å²) in [5.41, 5.74) is 0. The molecule has 10 heavy (non-hydrogen) atoms. The second-order valence-electron chi connectivity index (χ2n) is 2.44. The summed E-state index contributed by atoms with van der Waals surface area (Å²) in [6, 6.07) is 0. The van der Waals surface area contributed by atoms with Crippen LogP contribution in [-0.2, 0) is 4.74 Å². The number of nitrogens with one attached hydrogen (secondary N) is 1. The highest BCUT2D eigenvalue weighted by atomic mass is 35.5. The molecule has 1 rings (SSSR count). The third-order valence-corrected chi connectivity index (χ3v) is 1.73. The van der Waals surface area contributed by atoms with Gasteiger partial charge in [-0.05, 0) is 19.4 Å². The molecular weight excluding hydrogens is 150 g/mol. The third kappa shape index (κ3) is 3.40. The van der Waals surface area contributed by atoms with Crippen molar-refractivity contribution in [1.29, 1.82) is 0 Å². The van der Waals surface area contributed by atoms with E-state index in [0.29, 0.717) is 6.10 Å². The first-order valence-corrected chi connectivity index (χ1v) is 3.76. The fraction of sp³-hybridized carbons (Fsp3) is 1.00. The van der Waals surface area contributed by atoms with E-state index >= 15 is 0 Å². The highest BCUT2D eigenvalue weighted by Crippen LogP contribution is 2.03. The topological polar surface area (TPSA) is 21.3 Å². The van der Waals surface area contributed by atoms with Crippen molar-refractivity contribution >= 4 is 12.4 Å². The first-order valence-electron chi connectivity index (χ1n) is 3.76. The Morgan fingerprint density at radius 1 is 1.50 bits per heavy atom. The quantitative estimate of drug-likeness (QED) is 0.631. The molecule has 0 bridgehead atoms. The summed E-state index contributed by atoms with van der Waals surface area (Å²) in [6.07, 6.45) is 2.85. The summed E-state index contributed by atoms with van der Waals surface area (Å²) in [5.74, 6) is 0. The van der Waals surface area contributed by atoms with Crippen LogP contribution in [0.25, 0.3) is 0 Å². The maximum Gasteiger partial charge on any atom is 0.0594 e. The van der Waals surface area contributed by atoms with Gasteiger partial charge in [-0.15, -0.1) is 12.4 Å². The van der Waals surface area contributed by atoms with E-state index < -0.39 is 0 Å². The van der Waals surface area contributed by atoms with Gasteiger partial charge in [-0.1, -0.05) is 6.92 Å². The average Bonchev–Trinajstić information content (AvgIpc) is 2.13. The van der Waals surface area contributed by atoms with Gasteiger partial charge in [0.05, 0.1) is 12.7 Å². The zero-order chi connectivity index (χ0) is 6.53. The third-order valence-electron chi connectivity index (χ3n) is 1.73. The molecule has 3 heteroatoms. The van der Waals surface area contributed by atoms with Gasteiger partial charge in [0.2, 0.25) is 0 Å². The monoisotopic (exact) mass is 165 g/mol. The van der Waals surface area contributed by atoms with E-state index in [9.17, 15) is 0 Å². The average molecular weight is 166 g/mol. The summed E-state index contributed by atoms with van der Waals surface area (Å²) < 4.78 is 5.49. The maximum atomic E-state index is 5.49. The van der Waals surface area contributed by atoms with Gasteiger partial charge in [-0.2, -0.15) is 0 Å². The van der Waals surface area contributed by atoms with E-state index in [0.717, 1.165) is 26.1 Å². The molecule has 62 valence electrons. The van der Waals surface area contributed by atoms with E-state index in [2.05, 4.69) is 12.2 Å². The number of ether oxygens (including phenoxy) is 1. The molecule has 1 aliphatic rings. The second kappa shape index (κ2) is 5.96. The molecule has 1 N–H and O–H groups in total. The standard InChI is InChI=1S/C7H15NO.ClH/c1-2-7-3-4-8-5-6-9-7;/h7-8H,2-6H2,1H3;1H. The van der Waals surface area contributed by atoms with Gasteiger partial charge in [0.25, 0.3) is 0 Å². The second-order valence-corrected chi connectivity index (χ2v) is 2.44. The van der Waals surface area contributed by atoms with Crippen molar-refractivity contribution < 1.29 is 4.74 Å². The lowest BCUT2D eigenvalue weighted by atomic mass is 10.2. The zero-order valence-electron chi connectivity index (χ0n) is 6.43. The van der Waals surface area contributed by atoms with Crippen LogP contribution < -0.4 is 5.32 Å². The van der Waals surface area contributed by atoms with Crippen LogP contribution in [0.2, 0.25) is 0 Å². The van der Waals surface area contributed by atoms with E-state index in [1.54, 1.807) is 0 Å². The van der Waals surface area contributed by atoms with Crippen LogP contribution in [0.1, 0.15) is 19.8 Å². The zero-order valence-corrected chi connectivity index (χ0v) is 7.25. The van der Waals surface area contributed by atoms with Crippen LogP contribution >= 0.6 is 12.4 Å². The maximum absolute atomic E-state index is 5.49. The van der Waals surface area contributed by atoms with Gasteiger partial charge in [0, 0.05) is 6.54 Å².